The number of nitrogens with one attached hydrogen (secondary N) is 1. The summed E-state index contributed by atoms with van der Waals surface area (Å²) >= 11 is 0. The van der Waals surface area contributed by atoms with E-state index < -0.39 is 0 Å². The van der Waals surface area contributed by atoms with Gasteiger partial charge in [-0.3, -0.25) is 0 Å². The third kappa shape index (κ3) is 1.30. The normalized spacial score (nSPS) is 43.9. The van der Waals surface area contributed by atoms with Gasteiger partial charge in [-0.1, -0.05) is 6.42 Å². The molecule has 2 rings (SSSR count). The fourth-order valence-corrected chi connectivity index (χ4v) is 2.72. The molecule has 2 aliphatic rings. The molecule has 2 atom stereocenters. The summed E-state index contributed by atoms with van der Waals surface area (Å²) in [5.74, 6) is 0.932. The van der Waals surface area contributed by atoms with Gasteiger partial charge in [0.25, 0.3) is 0 Å². The van der Waals surface area contributed by atoms with Crippen molar-refractivity contribution in [2.45, 2.75) is 25.7 Å². The molecular formula is C9H18N2. The van der Waals surface area contributed by atoms with Gasteiger partial charge in [-0.25, -0.2) is 0 Å². The van der Waals surface area contributed by atoms with Gasteiger partial charge in [0, 0.05) is 6.54 Å². The monoisotopic (exact) mass is 154 g/mol. The van der Waals surface area contributed by atoms with Crippen molar-refractivity contribution < 1.29 is 0 Å². The van der Waals surface area contributed by atoms with Crippen LogP contribution in [0.3, 0.4) is 0 Å². The largest absolute Gasteiger partial charge is 0.330 e. The topological polar surface area (TPSA) is 38.0 Å². The minimum Gasteiger partial charge on any atom is -0.330 e. The summed E-state index contributed by atoms with van der Waals surface area (Å²) in [5.41, 5.74) is 6.29. The Bertz CT molecular complexity index is 134. The molecule has 64 valence electrons. The second-order valence-electron chi connectivity index (χ2n) is 4.30. The van der Waals surface area contributed by atoms with Gasteiger partial charge in [0.15, 0.2) is 0 Å². The summed E-state index contributed by atoms with van der Waals surface area (Å²) in [5, 5.41) is 3.50. The van der Waals surface area contributed by atoms with Crippen molar-refractivity contribution in [2.24, 2.45) is 17.1 Å². The van der Waals surface area contributed by atoms with Gasteiger partial charge in [-0.05, 0) is 43.7 Å². The molecule has 1 saturated carbocycles. The van der Waals surface area contributed by atoms with Crippen LogP contribution in [-0.4, -0.2) is 19.6 Å². The molecule has 2 fully saturated rings. The standard InChI is InChI=1S/C9H18N2/c10-6-9-3-1-2-8(4-9)5-11-7-9/h8,11H,1-7,10H2. The molecule has 2 nitrogen and oxygen atoms in total. The van der Waals surface area contributed by atoms with E-state index >= 15 is 0 Å². The van der Waals surface area contributed by atoms with Crippen LogP contribution in [0.4, 0.5) is 0 Å². The minimum absolute atomic E-state index is 0.487. The maximum absolute atomic E-state index is 5.80. The average Bonchev–Trinajstić information content (AvgIpc) is 2.05. The molecular weight excluding hydrogens is 136 g/mol. The number of hydrogen-bond donors (Lipinski definition) is 2. The van der Waals surface area contributed by atoms with Gasteiger partial charge >= 0.3 is 0 Å². The molecule has 0 amide bonds. The van der Waals surface area contributed by atoms with Crippen molar-refractivity contribution >= 4 is 0 Å². The number of fused-ring (bicyclic) bond motifs is 2. The summed E-state index contributed by atoms with van der Waals surface area (Å²) < 4.78 is 0. The molecule has 3 N–H and O–H groups in total. The molecule has 2 bridgehead atoms. The average molecular weight is 154 g/mol. The number of rotatable bonds is 1. The Labute approximate surface area is 68.5 Å². The van der Waals surface area contributed by atoms with E-state index in [0.29, 0.717) is 5.41 Å². The Balaban J connectivity index is 2.07. The van der Waals surface area contributed by atoms with E-state index in [-0.39, 0.29) is 0 Å². The van der Waals surface area contributed by atoms with Crippen LogP contribution in [0.15, 0.2) is 0 Å². The third-order valence-electron chi connectivity index (χ3n) is 3.41. The fourth-order valence-electron chi connectivity index (χ4n) is 2.72. The lowest BCUT2D eigenvalue weighted by Gasteiger charge is -2.45. The molecule has 1 aliphatic heterocycles. The van der Waals surface area contributed by atoms with Crippen LogP contribution in [0.2, 0.25) is 0 Å². The van der Waals surface area contributed by atoms with Crippen LogP contribution in [0.25, 0.3) is 0 Å². The Morgan fingerprint density at radius 1 is 1.55 bits per heavy atom. The van der Waals surface area contributed by atoms with E-state index in [1.165, 1.54) is 38.8 Å². The zero-order valence-electron chi connectivity index (χ0n) is 7.10. The second kappa shape index (κ2) is 2.76. The first-order valence-corrected chi connectivity index (χ1v) is 4.75. The Hall–Kier alpha value is -0.0800. The zero-order chi connectivity index (χ0) is 7.73. The lowest BCUT2D eigenvalue weighted by molar-refractivity contribution is 0.103. The molecule has 1 saturated heterocycles. The predicted octanol–water partition coefficient (Wildman–Crippen LogP) is 0.725. The number of hydrogen-bond acceptors (Lipinski definition) is 2. The highest BCUT2D eigenvalue weighted by molar-refractivity contribution is 4.93. The molecule has 1 aliphatic carbocycles. The van der Waals surface area contributed by atoms with E-state index in [1.54, 1.807) is 0 Å². The molecule has 2 heteroatoms. The highest BCUT2D eigenvalue weighted by Crippen LogP contribution is 2.40. The molecule has 0 radical (unpaired) electrons. The summed E-state index contributed by atoms with van der Waals surface area (Å²) in [6.07, 6.45) is 5.57. The van der Waals surface area contributed by atoms with E-state index in [4.69, 9.17) is 5.73 Å². The van der Waals surface area contributed by atoms with Crippen LogP contribution in [0, 0.1) is 11.3 Å². The molecule has 0 aromatic rings. The lowest BCUT2D eigenvalue weighted by atomic mass is 9.67. The van der Waals surface area contributed by atoms with Crippen molar-refractivity contribution in [1.29, 1.82) is 0 Å². The van der Waals surface area contributed by atoms with Crippen LogP contribution in [0.5, 0.6) is 0 Å². The zero-order valence-corrected chi connectivity index (χ0v) is 7.10. The second-order valence-corrected chi connectivity index (χ2v) is 4.30. The maximum Gasteiger partial charge on any atom is 0.00201 e. The van der Waals surface area contributed by atoms with Gasteiger partial charge in [0.1, 0.15) is 0 Å². The predicted molar refractivity (Wildman–Crippen MR) is 46.3 cm³/mol. The first-order valence-electron chi connectivity index (χ1n) is 4.75. The Morgan fingerprint density at radius 3 is 3.18 bits per heavy atom. The van der Waals surface area contributed by atoms with Gasteiger partial charge < -0.3 is 11.1 Å². The Kier molecular flexibility index (Phi) is 1.90. The van der Waals surface area contributed by atoms with E-state index in [1.807, 2.05) is 0 Å². The van der Waals surface area contributed by atoms with Crippen molar-refractivity contribution in [3.05, 3.63) is 0 Å². The number of piperidine rings is 1. The van der Waals surface area contributed by atoms with Crippen molar-refractivity contribution in [2.75, 3.05) is 19.6 Å². The summed E-state index contributed by atoms with van der Waals surface area (Å²) in [6.45, 7) is 3.29. The van der Waals surface area contributed by atoms with E-state index in [0.717, 1.165) is 12.5 Å². The van der Waals surface area contributed by atoms with Gasteiger partial charge in [0.2, 0.25) is 0 Å². The fraction of sp³-hybridized carbons (Fsp3) is 1.00. The minimum atomic E-state index is 0.487. The maximum atomic E-state index is 5.80. The van der Waals surface area contributed by atoms with Crippen LogP contribution in [0.1, 0.15) is 25.7 Å². The highest BCUT2D eigenvalue weighted by atomic mass is 14.9. The quantitative estimate of drug-likeness (QED) is 0.584. The SMILES string of the molecule is NCC12CCCC(CNC1)C2. The summed E-state index contributed by atoms with van der Waals surface area (Å²) in [7, 11) is 0. The third-order valence-corrected chi connectivity index (χ3v) is 3.41. The summed E-state index contributed by atoms with van der Waals surface area (Å²) in [6, 6.07) is 0. The number of nitrogens with two attached hydrogens (primary N) is 1. The van der Waals surface area contributed by atoms with Crippen LogP contribution in [-0.2, 0) is 0 Å². The molecule has 0 aromatic carbocycles. The Morgan fingerprint density at radius 2 is 2.45 bits per heavy atom. The molecule has 0 aromatic heterocycles. The van der Waals surface area contributed by atoms with Crippen molar-refractivity contribution in [3.63, 3.8) is 0 Å². The smallest absolute Gasteiger partial charge is 0.00201 e. The molecule has 11 heavy (non-hydrogen) atoms. The van der Waals surface area contributed by atoms with Crippen molar-refractivity contribution in [3.8, 4) is 0 Å². The van der Waals surface area contributed by atoms with E-state index in [9.17, 15) is 0 Å². The van der Waals surface area contributed by atoms with Crippen molar-refractivity contribution in [1.82, 2.24) is 5.32 Å². The van der Waals surface area contributed by atoms with Gasteiger partial charge in [-0.2, -0.15) is 0 Å². The first kappa shape index (κ1) is 7.56. The summed E-state index contributed by atoms with van der Waals surface area (Å²) in [4.78, 5) is 0. The molecule has 1 heterocycles. The highest BCUT2D eigenvalue weighted by Gasteiger charge is 2.37. The van der Waals surface area contributed by atoms with Crippen LogP contribution < -0.4 is 11.1 Å². The van der Waals surface area contributed by atoms with Crippen LogP contribution >= 0.6 is 0 Å². The van der Waals surface area contributed by atoms with Gasteiger partial charge in [0.05, 0.1) is 0 Å². The van der Waals surface area contributed by atoms with E-state index in [2.05, 4.69) is 5.32 Å². The van der Waals surface area contributed by atoms with Gasteiger partial charge in [-0.15, -0.1) is 0 Å². The lowest BCUT2D eigenvalue weighted by Crippen LogP contribution is -2.50. The molecule has 2 unspecified atom stereocenters. The first-order chi connectivity index (χ1) is 5.35. The molecule has 0 spiro atoms.